The zero-order valence-electron chi connectivity index (χ0n) is 9.37. The van der Waals surface area contributed by atoms with Crippen molar-refractivity contribution < 1.29 is 14.6 Å². The van der Waals surface area contributed by atoms with E-state index >= 15 is 0 Å². The van der Waals surface area contributed by atoms with Crippen LogP contribution in [0.25, 0.3) is 0 Å². The van der Waals surface area contributed by atoms with Crippen LogP contribution in [0.4, 0.5) is 0 Å². The van der Waals surface area contributed by atoms with Gasteiger partial charge >= 0.3 is 5.97 Å². The Morgan fingerprint density at radius 2 is 2.29 bits per heavy atom. The van der Waals surface area contributed by atoms with Crippen LogP contribution in [0.15, 0.2) is 21.5 Å². The molecular formula is C11H12BrClO3S. The lowest BCUT2D eigenvalue weighted by Crippen LogP contribution is -2.09. The fourth-order valence-corrected chi connectivity index (χ4v) is 2.59. The molecule has 1 aromatic rings. The minimum atomic E-state index is -0.977. The molecule has 17 heavy (non-hydrogen) atoms. The van der Waals surface area contributed by atoms with Crippen molar-refractivity contribution >= 4 is 45.3 Å². The van der Waals surface area contributed by atoms with Crippen LogP contribution in [0.5, 0.6) is 5.75 Å². The molecule has 0 bridgehead atoms. The largest absolute Gasteiger partial charge is 0.478 e. The Balaban J connectivity index is 3.25. The Hall–Kier alpha value is -0.390. The molecule has 1 rings (SSSR count). The second-order valence-corrected chi connectivity index (χ2v) is 5.36. The molecule has 1 aromatic carbocycles. The van der Waals surface area contributed by atoms with Crippen LogP contribution in [-0.4, -0.2) is 22.9 Å². The molecule has 1 N–H and O–H groups in total. The maximum absolute atomic E-state index is 11.1. The van der Waals surface area contributed by atoms with E-state index in [0.717, 1.165) is 0 Å². The second-order valence-electron chi connectivity index (χ2n) is 3.20. The Morgan fingerprint density at radius 1 is 1.65 bits per heavy atom. The fourth-order valence-electron chi connectivity index (χ4n) is 1.23. The molecule has 0 aliphatic heterocycles. The zero-order chi connectivity index (χ0) is 13.0. The molecule has 0 aliphatic carbocycles. The SMILES string of the molecule is CCC(Cl)Oc1c(Br)ccc(C(=O)O)c1SC. The van der Waals surface area contributed by atoms with Crippen LogP contribution in [-0.2, 0) is 0 Å². The zero-order valence-corrected chi connectivity index (χ0v) is 12.5. The summed E-state index contributed by atoms with van der Waals surface area (Å²) in [6, 6.07) is 3.19. The van der Waals surface area contributed by atoms with E-state index < -0.39 is 11.5 Å². The third-order valence-corrected chi connectivity index (χ3v) is 3.90. The van der Waals surface area contributed by atoms with Gasteiger partial charge in [-0.25, -0.2) is 4.79 Å². The standard InChI is InChI=1S/C11H12BrClO3S/c1-3-8(13)16-9-7(12)5-4-6(11(14)15)10(9)17-2/h4-5,8H,3H2,1-2H3,(H,14,15). The molecule has 1 atom stereocenters. The van der Waals surface area contributed by atoms with Gasteiger partial charge in [-0.3, -0.25) is 0 Å². The van der Waals surface area contributed by atoms with Crippen LogP contribution in [0, 0.1) is 0 Å². The van der Waals surface area contributed by atoms with Gasteiger partial charge in [0.1, 0.15) is 5.75 Å². The maximum atomic E-state index is 11.1. The number of rotatable bonds is 5. The number of carboxylic acids is 1. The van der Waals surface area contributed by atoms with Crippen LogP contribution < -0.4 is 4.74 Å². The number of carboxylic acid groups (broad SMARTS) is 1. The first-order valence-corrected chi connectivity index (χ1v) is 7.37. The second kappa shape index (κ2) is 6.52. The fraction of sp³-hybridized carbons (Fsp3) is 0.364. The van der Waals surface area contributed by atoms with Crippen molar-refractivity contribution in [1.82, 2.24) is 0 Å². The van der Waals surface area contributed by atoms with Gasteiger partial charge in [0, 0.05) is 0 Å². The van der Waals surface area contributed by atoms with Crippen molar-refractivity contribution in [3.63, 3.8) is 0 Å². The van der Waals surface area contributed by atoms with Crippen molar-refractivity contribution in [2.24, 2.45) is 0 Å². The third kappa shape index (κ3) is 3.53. The van der Waals surface area contributed by atoms with Gasteiger partial charge in [0.2, 0.25) is 0 Å². The highest BCUT2D eigenvalue weighted by Crippen LogP contribution is 2.39. The number of aromatic carboxylic acids is 1. The van der Waals surface area contributed by atoms with Crippen molar-refractivity contribution in [3.05, 3.63) is 22.2 Å². The van der Waals surface area contributed by atoms with Crippen LogP contribution in [0.1, 0.15) is 23.7 Å². The third-order valence-electron chi connectivity index (χ3n) is 2.07. The summed E-state index contributed by atoms with van der Waals surface area (Å²) in [5.74, 6) is -0.492. The molecule has 0 aliphatic rings. The van der Waals surface area contributed by atoms with E-state index in [1.165, 1.54) is 11.8 Å². The van der Waals surface area contributed by atoms with Crippen molar-refractivity contribution in [1.29, 1.82) is 0 Å². The topological polar surface area (TPSA) is 46.5 Å². The van der Waals surface area contributed by atoms with Gasteiger partial charge in [-0.15, -0.1) is 11.8 Å². The Morgan fingerprint density at radius 3 is 2.76 bits per heavy atom. The molecule has 0 spiro atoms. The summed E-state index contributed by atoms with van der Waals surface area (Å²) in [4.78, 5) is 11.7. The maximum Gasteiger partial charge on any atom is 0.336 e. The quantitative estimate of drug-likeness (QED) is 0.644. The van der Waals surface area contributed by atoms with E-state index in [4.69, 9.17) is 21.4 Å². The van der Waals surface area contributed by atoms with Crippen LogP contribution >= 0.6 is 39.3 Å². The summed E-state index contributed by atoms with van der Waals surface area (Å²) in [7, 11) is 0. The lowest BCUT2D eigenvalue weighted by Gasteiger charge is -2.16. The Bertz CT molecular complexity index is 425. The number of halogens is 2. The minimum Gasteiger partial charge on any atom is -0.478 e. The molecule has 0 radical (unpaired) electrons. The lowest BCUT2D eigenvalue weighted by molar-refractivity contribution is 0.0692. The summed E-state index contributed by atoms with van der Waals surface area (Å²) in [6.07, 6.45) is 2.44. The van der Waals surface area contributed by atoms with E-state index in [-0.39, 0.29) is 5.56 Å². The van der Waals surface area contributed by atoms with Gasteiger partial charge < -0.3 is 9.84 Å². The molecule has 0 heterocycles. The van der Waals surface area contributed by atoms with E-state index in [2.05, 4.69) is 15.9 Å². The number of ether oxygens (including phenoxy) is 1. The number of alkyl halides is 1. The molecule has 94 valence electrons. The van der Waals surface area contributed by atoms with Gasteiger partial charge in [-0.05, 0) is 40.7 Å². The molecule has 6 heteroatoms. The summed E-state index contributed by atoms with van der Waals surface area (Å²) < 4.78 is 6.24. The normalized spacial score (nSPS) is 12.2. The van der Waals surface area contributed by atoms with E-state index in [0.29, 0.717) is 21.5 Å². The summed E-state index contributed by atoms with van der Waals surface area (Å²) in [5, 5.41) is 9.09. The van der Waals surface area contributed by atoms with Crippen molar-refractivity contribution in [3.8, 4) is 5.75 Å². The van der Waals surface area contributed by atoms with Crippen LogP contribution in [0.3, 0.4) is 0 Å². The molecule has 0 saturated heterocycles. The smallest absolute Gasteiger partial charge is 0.336 e. The summed E-state index contributed by atoms with van der Waals surface area (Å²) >= 11 is 10.6. The number of carbonyl (C=O) groups is 1. The molecule has 0 amide bonds. The van der Waals surface area contributed by atoms with Crippen molar-refractivity contribution in [2.75, 3.05) is 6.26 Å². The van der Waals surface area contributed by atoms with Gasteiger partial charge in [0.05, 0.1) is 14.9 Å². The first-order chi connectivity index (χ1) is 8.01. The molecule has 1 unspecified atom stereocenters. The number of hydrogen-bond donors (Lipinski definition) is 1. The number of benzene rings is 1. The van der Waals surface area contributed by atoms with Gasteiger partial charge in [-0.1, -0.05) is 18.5 Å². The minimum absolute atomic E-state index is 0.218. The Kier molecular flexibility index (Phi) is 5.62. The van der Waals surface area contributed by atoms with Gasteiger partial charge in [-0.2, -0.15) is 0 Å². The van der Waals surface area contributed by atoms with Gasteiger partial charge in [0.15, 0.2) is 5.56 Å². The highest BCUT2D eigenvalue weighted by molar-refractivity contribution is 9.10. The molecular weight excluding hydrogens is 328 g/mol. The monoisotopic (exact) mass is 338 g/mol. The summed E-state index contributed by atoms with van der Waals surface area (Å²) in [6.45, 7) is 1.89. The first kappa shape index (κ1) is 14.7. The predicted molar refractivity (Wildman–Crippen MR) is 73.4 cm³/mol. The summed E-state index contributed by atoms with van der Waals surface area (Å²) in [5.41, 5.74) is -0.253. The molecule has 0 saturated carbocycles. The van der Waals surface area contributed by atoms with Crippen molar-refractivity contribution in [2.45, 2.75) is 23.8 Å². The van der Waals surface area contributed by atoms with E-state index in [1.54, 1.807) is 18.4 Å². The highest BCUT2D eigenvalue weighted by Gasteiger charge is 2.19. The Labute approximate surface area is 118 Å². The highest BCUT2D eigenvalue weighted by atomic mass is 79.9. The molecule has 0 fully saturated rings. The lowest BCUT2D eigenvalue weighted by atomic mass is 10.2. The molecule has 3 nitrogen and oxygen atoms in total. The van der Waals surface area contributed by atoms with E-state index in [1.807, 2.05) is 6.92 Å². The first-order valence-electron chi connectivity index (χ1n) is 4.91. The van der Waals surface area contributed by atoms with Gasteiger partial charge in [0.25, 0.3) is 0 Å². The predicted octanol–water partition coefficient (Wildman–Crippen LogP) is 4.22. The van der Waals surface area contributed by atoms with Crippen LogP contribution in [0.2, 0.25) is 0 Å². The average Bonchev–Trinajstić information content (AvgIpc) is 2.30. The average molecular weight is 340 g/mol. The van der Waals surface area contributed by atoms with E-state index in [9.17, 15) is 4.79 Å². The number of hydrogen-bond acceptors (Lipinski definition) is 3. The molecule has 0 aromatic heterocycles. The number of thioether (sulfide) groups is 1.